The van der Waals surface area contributed by atoms with Crippen molar-refractivity contribution in [2.75, 3.05) is 0 Å². The van der Waals surface area contributed by atoms with E-state index in [9.17, 15) is 12.8 Å². The quantitative estimate of drug-likeness (QED) is 0.560. The molecule has 0 fully saturated rings. The summed E-state index contributed by atoms with van der Waals surface area (Å²) in [6.07, 6.45) is 5.38. The van der Waals surface area contributed by atoms with E-state index >= 15 is 0 Å². The Morgan fingerprint density at radius 2 is 1.46 bits per heavy atom. The molecule has 0 aliphatic carbocycles. The van der Waals surface area contributed by atoms with Gasteiger partial charge in [0.1, 0.15) is 5.82 Å². The van der Waals surface area contributed by atoms with Crippen LogP contribution in [-0.4, -0.2) is 8.42 Å². The molecule has 3 aromatic carbocycles. The lowest BCUT2D eigenvalue weighted by Crippen LogP contribution is -2.28. The van der Waals surface area contributed by atoms with Crippen LogP contribution < -0.4 is 4.72 Å². The molecule has 0 saturated carbocycles. The lowest BCUT2D eigenvalue weighted by atomic mass is 10.0. The number of rotatable bonds is 8. The van der Waals surface area contributed by atoms with E-state index in [0.717, 1.165) is 23.3 Å². The van der Waals surface area contributed by atoms with E-state index < -0.39 is 15.8 Å². The third-order valence-electron chi connectivity index (χ3n) is 4.36. The third kappa shape index (κ3) is 5.62. The van der Waals surface area contributed by atoms with E-state index in [2.05, 4.69) is 4.72 Å². The molecule has 0 amide bonds. The Morgan fingerprint density at radius 1 is 0.857 bits per heavy atom. The molecule has 144 valence electrons. The molecule has 0 bridgehead atoms. The molecular weight excluding hydrogens is 373 g/mol. The average Bonchev–Trinajstić information content (AvgIpc) is 2.72. The summed E-state index contributed by atoms with van der Waals surface area (Å²) in [7, 11) is -3.75. The Labute approximate surface area is 165 Å². The first-order chi connectivity index (χ1) is 13.5. The Hall–Kier alpha value is -2.76. The Bertz CT molecular complexity index is 1000. The first kappa shape index (κ1) is 20.0. The van der Waals surface area contributed by atoms with Gasteiger partial charge in [-0.2, -0.15) is 0 Å². The minimum atomic E-state index is -3.75. The first-order valence-corrected chi connectivity index (χ1v) is 10.6. The van der Waals surface area contributed by atoms with Crippen molar-refractivity contribution in [2.24, 2.45) is 0 Å². The summed E-state index contributed by atoms with van der Waals surface area (Å²) in [5.74, 6) is -0.468. The molecule has 1 N–H and O–H groups in total. The van der Waals surface area contributed by atoms with Crippen molar-refractivity contribution in [1.29, 1.82) is 0 Å². The van der Waals surface area contributed by atoms with Gasteiger partial charge in [-0.15, -0.1) is 0 Å². The van der Waals surface area contributed by atoms with Gasteiger partial charge in [0.25, 0.3) is 0 Å². The average molecular weight is 395 g/mol. The summed E-state index contributed by atoms with van der Waals surface area (Å²) in [5.41, 5.74) is 1.99. The van der Waals surface area contributed by atoms with Crippen LogP contribution >= 0.6 is 0 Å². The predicted molar refractivity (Wildman–Crippen MR) is 111 cm³/mol. The van der Waals surface area contributed by atoms with E-state index in [0.29, 0.717) is 12.8 Å². The van der Waals surface area contributed by atoms with Crippen LogP contribution in [0.25, 0.3) is 6.08 Å². The highest BCUT2D eigenvalue weighted by Crippen LogP contribution is 2.22. The maximum absolute atomic E-state index is 13.1. The maximum Gasteiger partial charge on any atom is 0.241 e. The highest BCUT2D eigenvalue weighted by atomic mass is 32.2. The van der Waals surface area contributed by atoms with Gasteiger partial charge in [-0.3, -0.25) is 0 Å². The molecule has 0 radical (unpaired) electrons. The summed E-state index contributed by atoms with van der Waals surface area (Å²) in [4.78, 5) is 0.0506. The molecule has 0 spiro atoms. The summed E-state index contributed by atoms with van der Waals surface area (Å²) < 4.78 is 41.3. The molecule has 0 heterocycles. The maximum atomic E-state index is 13.1. The zero-order valence-corrected chi connectivity index (χ0v) is 16.1. The molecule has 28 heavy (non-hydrogen) atoms. The minimum absolute atomic E-state index is 0.0506. The van der Waals surface area contributed by atoms with Crippen molar-refractivity contribution in [3.05, 3.63) is 108 Å². The van der Waals surface area contributed by atoms with E-state index in [1.165, 1.54) is 12.1 Å². The number of hydrogen-bond acceptors (Lipinski definition) is 2. The lowest BCUT2D eigenvalue weighted by Gasteiger charge is -2.19. The topological polar surface area (TPSA) is 46.2 Å². The summed E-state index contributed by atoms with van der Waals surface area (Å²) in [6, 6.07) is 23.9. The van der Waals surface area contributed by atoms with E-state index in [4.69, 9.17) is 0 Å². The number of sulfonamides is 1. The second-order valence-electron chi connectivity index (χ2n) is 6.43. The monoisotopic (exact) mass is 395 g/mol. The van der Waals surface area contributed by atoms with Crippen LogP contribution in [0.5, 0.6) is 0 Å². The largest absolute Gasteiger partial charge is 0.241 e. The van der Waals surface area contributed by atoms with Gasteiger partial charge in [-0.1, -0.05) is 72.8 Å². The second-order valence-corrected chi connectivity index (χ2v) is 8.14. The molecule has 0 saturated heterocycles. The second kappa shape index (κ2) is 9.44. The van der Waals surface area contributed by atoms with Crippen molar-refractivity contribution in [2.45, 2.75) is 23.8 Å². The van der Waals surface area contributed by atoms with Crippen LogP contribution in [0.2, 0.25) is 0 Å². The van der Waals surface area contributed by atoms with Crippen molar-refractivity contribution >= 4 is 16.1 Å². The Balaban J connectivity index is 1.74. The zero-order valence-electron chi connectivity index (χ0n) is 15.3. The van der Waals surface area contributed by atoms with Gasteiger partial charge >= 0.3 is 0 Å². The predicted octanol–water partition coefficient (Wildman–Crippen LogP) is 5.34. The molecule has 0 aliphatic rings. The Morgan fingerprint density at radius 3 is 2.11 bits per heavy atom. The number of benzene rings is 3. The molecule has 3 nitrogen and oxygen atoms in total. The van der Waals surface area contributed by atoms with Crippen molar-refractivity contribution in [3.63, 3.8) is 0 Å². The number of allylic oxidation sites excluding steroid dienone is 1. The SMILES string of the molecule is O=S(=O)(NC(CC/C=C/c1ccccc1)c1ccccc1)c1ccc(F)cc1. The standard InChI is InChI=1S/C23H22FNO2S/c24-21-15-17-22(18-16-21)28(26,27)25-23(20-12-5-2-6-13-20)14-8-7-11-19-9-3-1-4-10-19/h1-7,9-13,15-18,23,25H,8,14H2/b11-7+. The van der Waals surface area contributed by atoms with Gasteiger partial charge in [0, 0.05) is 6.04 Å². The molecule has 0 aromatic heterocycles. The fraction of sp³-hybridized carbons (Fsp3) is 0.130. The number of hydrogen-bond donors (Lipinski definition) is 1. The molecule has 3 aromatic rings. The van der Waals surface area contributed by atoms with E-state index in [-0.39, 0.29) is 10.9 Å². The van der Waals surface area contributed by atoms with Crippen LogP contribution in [0.1, 0.15) is 30.0 Å². The zero-order chi connectivity index (χ0) is 19.8. The van der Waals surface area contributed by atoms with Crippen molar-refractivity contribution in [1.82, 2.24) is 4.72 Å². The van der Waals surface area contributed by atoms with Gasteiger partial charge in [-0.25, -0.2) is 17.5 Å². The van der Waals surface area contributed by atoms with Crippen LogP contribution in [-0.2, 0) is 10.0 Å². The molecule has 0 aliphatic heterocycles. The smallest absolute Gasteiger partial charge is 0.207 e. The van der Waals surface area contributed by atoms with Gasteiger partial charge in [0.05, 0.1) is 4.90 Å². The molecule has 1 unspecified atom stereocenters. The summed E-state index contributed by atoms with van der Waals surface area (Å²) >= 11 is 0. The molecule has 3 rings (SSSR count). The first-order valence-electron chi connectivity index (χ1n) is 9.09. The summed E-state index contributed by atoms with van der Waals surface area (Å²) in [6.45, 7) is 0. The lowest BCUT2D eigenvalue weighted by molar-refractivity contribution is 0.541. The van der Waals surface area contributed by atoms with Crippen molar-refractivity contribution in [3.8, 4) is 0 Å². The fourth-order valence-electron chi connectivity index (χ4n) is 2.89. The highest BCUT2D eigenvalue weighted by molar-refractivity contribution is 7.89. The minimum Gasteiger partial charge on any atom is -0.207 e. The number of halogens is 1. The summed E-state index contributed by atoms with van der Waals surface area (Å²) in [5, 5.41) is 0. The van der Waals surface area contributed by atoms with Gasteiger partial charge in [-0.05, 0) is 48.2 Å². The fourth-order valence-corrected chi connectivity index (χ4v) is 4.15. The highest BCUT2D eigenvalue weighted by Gasteiger charge is 2.21. The van der Waals surface area contributed by atoms with Gasteiger partial charge < -0.3 is 0 Å². The van der Waals surface area contributed by atoms with E-state index in [1.54, 1.807) is 0 Å². The van der Waals surface area contributed by atoms with Crippen LogP contribution in [0.3, 0.4) is 0 Å². The van der Waals surface area contributed by atoms with Crippen molar-refractivity contribution < 1.29 is 12.8 Å². The molecule has 5 heteroatoms. The third-order valence-corrected chi connectivity index (χ3v) is 5.84. The van der Waals surface area contributed by atoms with Gasteiger partial charge in [0.2, 0.25) is 10.0 Å². The van der Waals surface area contributed by atoms with Crippen LogP contribution in [0, 0.1) is 5.82 Å². The molecule has 1 atom stereocenters. The van der Waals surface area contributed by atoms with Gasteiger partial charge in [0.15, 0.2) is 0 Å². The van der Waals surface area contributed by atoms with E-state index in [1.807, 2.05) is 72.8 Å². The Kier molecular flexibility index (Phi) is 6.74. The normalized spacial score (nSPS) is 12.9. The van der Waals surface area contributed by atoms with Crippen LogP contribution in [0.4, 0.5) is 4.39 Å². The number of nitrogens with one attached hydrogen (secondary N) is 1. The van der Waals surface area contributed by atoms with Crippen LogP contribution in [0.15, 0.2) is 95.9 Å². The molecular formula is C23H22FNO2S.